The van der Waals surface area contributed by atoms with Crippen molar-refractivity contribution >= 4 is 5.91 Å². The number of hydrogen-bond acceptors (Lipinski definition) is 4. The van der Waals surface area contributed by atoms with E-state index in [1.807, 2.05) is 4.90 Å². The Bertz CT molecular complexity index is 250. The topological polar surface area (TPSA) is 64.8 Å². The lowest BCUT2D eigenvalue weighted by Crippen LogP contribution is -2.39. The van der Waals surface area contributed by atoms with Gasteiger partial charge in [-0.25, -0.2) is 0 Å². The average molecular weight is 242 g/mol. The van der Waals surface area contributed by atoms with Gasteiger partial charge in [0.05, 0.1) is 13.2 Å². The van der Waals surface area contributed by atoms with Crippen LogP contribution >= 0.6 is 0 Å². The molecule has 0 spiro atoms. The zero-order valence-electron chi connectivity index (χ0n) is 10.3. The van der Waals surface area contributed by atoms with Gasteiger partial charge in [0.1, 0.15) is 6.61 Å². The predicted molar refractivity (Wildman–Crippen MR) is 63.5 cm³/mol. The average Bonchev–Trinajstić information content (AvgIpc) is 3.03. The summed E-state index contributed by atoms with van der Waals surface area (Å²) < 4.78 is 10.6. The maximum Gasteiger partial charge on any atom is 0.248 e. The highest BCUT2D eigenvalue weighted by molar-refractivity contribution is 5.78. The summed E-state index contributed by atoms with van der Waals surface area (Å²) in [6.07, 6.45) is 3.34. The van der Waals surface area contributed by atoms with Gasteiger partial charge in [0, 0.05) is 31.7 Å². The standard InChI is InChI=1S/C12H22N2O3/c13-4-6-17-9-12(15)14(11-1-2-11)7-10-3-5-16-8-10/h10-11H,1-9,13H2. The molecule has 1 saturated heterocycles. The molecule has 17 heavy (non-hydrogen) atoms. The van der Waals surface area contributed by atoms with Crippen LogP contribution in [0, 0.1) is 5.92 Å². The molecule has 2 fully saturated rings. The maximum atomic E-state index is 12.0. The number of ether oxygens (including phenoxy) is 2. The maximum absolute atomic E-state index is 12.0. The quantitative estimate of drug-likeness (QED) is 0.638. The molecule has 0 bridgehead atoms. The zero-order valence-corrected chi connectivity index (χ0v) is 10.3. The molecular weight excluding hydrogens is 220 g/mol. The van der Waals surface area contributed by atoms with E-state index in [1.54, 1.807) is 0 Å². The molecular formula is C12H22N2O3. The molecule has 1 aliphatic carbocycles. The first-order valence-electron chi connectivity index (χ1n) is 6.46. The van der Waals surface area contributed by atoms with E-state index in [-0.39, 0.29) is 12.5 Å². The van der Waals surface area contributed by atoms with E-state index in [4.69, 9.17) is 15.2 Å². The highest BCUT2D eigenvalue weighted by Crippen LogP contribution is 2.29. The van der Waals surface area contributed by atoms with Crippen LogP contribution in [0.15, 0.2) is 0 Å². The van der Waals surface area contributed by atoms with Crippen molar-refractivity contribution in [3.63, 3.8) is 0 Å². The normalized spacial score (nSPS) is 23.9. The van der Waals surface area contributed by atoms with Crippen LogP contribution in [-0.2, 0) is 14.3 Å². The summed E-state index contributed by atoms with van der Waals surface area (Å²) in [5.41, 5.74) is 5.33. The summed E-state index contributed by atoms with van der Waals surface area (Å²) in [5.74, 6) is 0.613. The third-order valence-corrected chi connectivity index (χ3v) is 3.27. The highest BCUT2D eigenvalue weighted by atomic mass is 16.5. The van der Waals surface area contributed by atoms with E-state index in [1.165, 1.54) is 0 Å². The lowest BCUT2D eigenvalue weighted by molar-refractivity contribution is -0.137. The van der Waals surface area contributed by atoms with Gasteiger partial charge in [-0.3, -0.25) is 4.79 Å². The molecule has 5 nitrogen and oxygen atoms in total. The Balaban J connectivity index is 1.76. The van der Waals surface area contributed by atoms with Crippen molar-refractivity contribution in [1.82, 2.24) is 4.90 Å². The van der Waals surface area contributed by atoms with E-state index in [0.29, 0.717) is 25.1 Å². The van der Waals surface area contributed by atoms with E-state index in [2.05, 4.69) is 0 Å². The number of hydrogen-bond donors (Lipinski definition) is 1. The fourth-order valence-corrected chi connectivity index (χ4v) is 2.17. The van der Waals surface area contributed by atoms with E-state index >= 15 is 0 Å². The van der Waals surface area contributed by atoms with Crippen molar-refractivity contribution in [2.75, 3.05) is 39.5 Å². The van der Waals surface area contributed by atoms with E-state index in [9.17, 15) is 4.79 Å². The predicted octanol–water partition coefficient (Wildman–Crippen LogP) is -0.0108. The summed E-state index contributed by atoms with van der Waals surface area (Å²) in [6.45, 7) is 3.54. The molecule has 1 saturated carbocycles. The van der Waals surface area contributed by atoms with Crippen molar-refractivity contribution in [3.8, 4) is 0 Å². The van der Waals surface area contributed by atoms with Crippen LogP contribution in [0.1, 0.15) is 19.3 Å². The summed E-state index contributed by atoms with van der Waals surface area (Å²) in [6, 6.07) is 0.449. The summed E-state index contributed by atoms with van der Waals surface area (Å²) >= 11 is 0. The fourth-order valence-electron chi connectivity index (χ4n) is 2.17. The number of carbonyl (C=O) groups excluding carboxylic acids is 1. The minimum absolute atomic E-state index is 0.104. The highest BCUT2D eigenvalue weighted by Gasteiger charge is 2.34. The second-order valence-electron chi connectivity index (χ2n) is 4.85. The van der Waals surface area contributed by atoms with E-state index < -0.39 is 0 Å². The number of rotatable bonds is 7. The first-order chi connectivity index (χ1) is 8.31. The Kier molecular flexibility index (Phi) is 4.76. The summed E-state index contributed by atoms with van der Waals surface area (Å²) in [5, 5.41) is 0. The van der Waals surface area contributed by atoms with Crippen LogP contribution < -0.4 is 5.73 Å². The van der Waals surface area contributed by atoms with Crippen LogP contribution in [-0.4, -0.2) is 56.4 Å². The van der Waals surface area contributed by atoms with Crippen molar-refractivity contribution in [2.45, 2.75) is 25.3 Å². The number of carbonyl (C=O) groups is 1. The van der Waals surface area contributed by atoms with Crippen molar-refractivity contribution in [1.29, 1.82) is 0 Å². The molecule has 1 atom stereocenters. The molecule has 1 unspecified atom stereocenters. The molecule has 2 N–H and O–H groups in total. The summed E-state index contributed by atoms with van der Waals surface area (Å²) in [7, 11) is 0. The largest absolute Gasteiger partial charge is 0.381 e. The lowest BCUT2D eigenvalue weighted by Gasteiger charge is -2.25. The zero-order chi connectivity index (χ0) is 12.1. The first kappa shape index (κ1) is 12.8. The second-order valence-corrected chi connectivity index (χ2v) is 4.85. The fraction of sp³-hybridized carbons (Fsp3) is 0.917. The molecule has 0 aromatic heterocycles. The van der Waals surface area contributed by atoms with Gasteiger partial charge in [-0.1, -0.05) is 0 Å². The number of amides is 1. The van der Waals surface area contributed by atoms with Crippen LogP contribution in [0.25, 0.3) is 0 Å². The molecule has 98 valence electrons. The molecule has 1 heterocycles. The monoisotopic (exact) mass is 242 g/mol. The van der Waals surface area contributed by atoms with Gasteiger partial charge < -0.3 is 20.1 Å². The lowest BCUT2D eigenvalue weighted by atomic mass is 10.1. The number of nitrogens with two attached hydrogens (primary N) is 1. The summed E-state index contributed by atoms with van der Waals surface area (Å²) in [4.78, 5) is 14.0. The Morgan fingerprint density at radius 3 is 2.82 bits per heavy atom. The minimum atomic E-state index is 0.104. The van der Waals surface area contributed by atoms with E-state index in [0.717, 1.165) is 39.0 Å². The van der Waals surface area contributed by atoms with Crippen LogP contribution in [0.2, 0.25) is 0 Å². The molecule has 2 aliphatic rings. The van der Waals surface area contributed by atoms with Crippen molar-refractivity contribution in [2.24, 2.45) is 11.7 Å². The van der Waals surface area contributed by atoms with Gasteiger partial charge in [0.2, 0.25) is 5.91 Å². The van der Waals surface area contributed by atoms with Crippen LogP contribution in [0.4, 0.5) is 0 Å². The molecule has 0 aromatic carbocycles. The first-order valence-corrected chi connectivity index (χ1v) is 6.46. The Hall–Kier alpha value is -0.650. The Morgan fingerprint density at radius 1 is 1.41 bits per heavy atom. The third-order valence-electron chi connectivity index (χ3n) is 3.27. The minimum Gasteiger partial charge on any atom is -0.381 e. The molecule has 2 rings (SSSR count). The van der Waals surface area contributed by atoms with Crippen molar-refractivity contribution in [3.05, 3.63) is 0 Å². The Morgan fingerprint density at radius 2 is 2.24 bits per heavy atom. The molecule has 1 amide bonds. The van der Waals surface area contributed by atoms with Crippen LogP contribution in [0.5, 0.6) is 0 Å². The van der Waals surface area contributed by atoms with Gasteiger partial charge in [-0.15, -0.1) is 0 Å². The van der Waals surface area contributed by atoms with Crippen LogP contribution in [0.3, 0.4) is 0 Å². The van der Waals surface area contributed by atoms with Gasteiger partial charge in [-0.2, -0.15) is 0 Å². The SMILES string of the molecule is NCCOCC(=O)N(CC1CCOC1)C1CC1. The number of nitrogens with zero attached hydrogens (tertiary/aromatic N) is 1. The van der Waals surface area contributed by atoms with Gasteiger partial charge in [0.15, 0.2) is 0 Å². The van der Waals surface area contributed by atoms with Gasteiger partial charge >= 0.3 is 0 Å². The molecule has 0 radical (unpaired) electrons. The molecule has 0 aromatic rings. The second kappa shape index (κ2) is 6.33. The van der Waals surface area contributed by atoms with Gasteiger partial charge in [0.25, 0.3) is 0 Å². The smallest absolute Gasteiger partial charge is 0.248 e. The van der Waals surface area contributed by atoms with Gasteiger partial charge in [-0.05, 0) is 19.3 Å². The molecule has 1 aliphatic heterocycles. The Labute approximate surface area is 102 Å². The van der Waals surface area contributed by atoms with Crippen molar-refractivity contribution < 1.29 is 14.3 Å². The third kappa shape index (κ3) is 3.94. The molecule has 5 heteroatoms.